The molecule has 2 nitrogen and oxygen atoms in total. The average Bonchev–Trinajstić information content (AvgIpc) is 2.61. The zero-order chi connectivity index (χ0) is 9.90. The lowest BCUT2D eigenvalue weighted by atomic mass is 10.0. The van der Waals surface area contributed by atoms with Gasteiger partial charge in [-0.15, -0.1) is 0 Å². The van der Waals surface area contributed by atoms with E-state index in [0.717, 1.165) is 19.3 Å². The minimum Gasteiger partial charge on any atom is -0.347 e. The minimum absolute atomic E-state index is 0.0879. The van der Waals surface area contributed by atoms with Gasteiger partial charge in [0.1, 0.15) is 0 Å². The van der Waals surface area contributed by atoms with Crippen LogP contribution in [0.5, 0.6) is 0 Å². The molecule has 2 unspecified atom stereocenters. The van der Waals surface area contributed by atoms with Crippen LogP contribution in [0.2, 0.25) is 0 Å². The van der Waals surface area contributed by atoms with Crippen LogP contribution in [0.25, 0.3) is 0 Å². The Morgan fingerprint density at radius 1 is 1.38 bits per heavy atom. The highest BCUT2D eigenvalue weighted by Crippen LogP contribution is 2.33. The van der Waals surface area contributed by atoms with Gasteiger partial charge in [-0.1, -0.05) is 27.2 Å². The fourth-order valence-corrected chi connectivity index (χ4v) is 1.67. The van der Waals surface area contributed by atoms with Gasteiger partial charge in [-0.2, -0.15) is 0 Å². The topological polar surface area (TPSA) is 18.5 Å². The highest BCUT2D eigenvalue weighted by molar-refractivity contribution is 4.81. The summed E-state index contributed by atoms with van der Waals surface area (Å²) < 4.78 is 11.5. The summed E-state index contributed by atoms with van der Waals surface area (Å²) in [5.41, 5.74) is 0. The van der Waals surface area contributed by atoms with Crippen molar-refractivity contribution in [3.8, 4) is 0 Å². The fraction of sp³-hybridized carbons (Fsp3) is 0.909. The molecule has 2 atom stereocenters. The van der Waals surface area contributed by atoms with E-state index in [1.807, 2.05) is 0 Å². The summed E-state index contributed by atoms with van der Waals surface area (Å²) in [6.07, 6.45) is 2.83. The zero-order valence-electron chi connectivity index (χ0n) is 8.88. The number of ether oxygens (including phenoxy) is 2. The first-order chi connectivity index (χ1) is 6.17. The summed E-state index contributed by atoms with van der Waals surface area (Å²) >= 11 is 0. The van der Waals surface area contributed by atoms with Crippen molar-refractivity contribution >= 4 is 0 Å². The molecule has 0 aromatic rings. The highest BCUT2D eigenvalue weighted by atomic mass is 16.7. The fourth-order valence-electron chi connectivity index (χ4n) is 1.67. The molecule has 0 N–H and O–H groups in total. The predicted molar refractivity (Wildman–Crippen MR) is 52.2 cm³/mol. The molecule has 0 amide bonds. The van der Waals surface area contributed by atoms with Crippen molar-refractivity contribution in [2.45, 2.75) is 51.9 Å². The van der Waals surface area contributed by atoms with E-state index in [0.29, 0.717) is 6.61 Å². The normalized spacial score (nSPS) is 29.1. The van der Waals surface area contributed by atoms with Crippen LogP contribution in [0.4, 0.5) is 0 Å². The Morgan fingerprint density at radius 3 is 2.38 bits per heavy atom. The van der Waals surface area contributed by atoms with Crippen molar-refractivity contribution < 1.29 is 9.47 Å². The maximum atomic E-state index is 5.90. The second kappa shape index (κ2) is 4.43. The summed E-state index contributed by atoms with van der Waals surface area (Å²) in [6.45, 7) is 12.8. The molecule has 2 radical (unpaired) electrons. The van der Waals surface area contributed by atoms with Crippen LogP contribution in [-0.4, -0.2) is 18.5 Å². The lowest BCUT2D eigenvalue weighted by molar-refractivity contribution is -0.175. The molecule has 0 aromatic heterocycles. The van der Waals surface area contributed by atoms with E-state index < -0.39 is 0 Å². The molecule has 1 aliphatic heterocycles. The van der Waals surface area contributed by atoms with Gasteiger partial charge in [0.2, 0.25) is 0 Å². The monoisotopic (exact) mass is 184 g/mol. The summed E-state index contributed by atoms with van der Waals surface area (Å²) in [6, 6.07) is 0. The van der Waals surface area contributed by atoms with Crippen molar-refractivity contribution in [2.75, 3.05) is 6.61 Å². The Bertz CT molecular complexity index is 152. The Morgan fingerprint density at radius 2 is 2.00 bits per heavy atom. The molecule has 2 heteroatoms. The number of hydrogen-bond acceptors (Lipinski definition) is 2. The lowest BCUT2D eigenvalue weighted by Crippen LogP contribution is -2.30. The Kier molecular flexibility index (Phi) is 3.74. The molecule has 1 saturated heterocycles. The van der Waals surface area contributed by atoms with Crippen LogP contribution in [0, 0.1) is 12.8 Å². The Hall–Kier alpha value is -0.0800. The SMILES string of the molecule is [CH]C(CC)C1COC(CC)(CC)O1. The van der Waals surface area contributed by atoms with E-state index in [1.54, 1.807) is 0 Å². The molecule has 0 aliphatic carbocycles. The number of hydrogen-bond donors (Lipinski definition) is 0. The summed E-state index contributed by atoms with van der Waals surface area (Å²) in [7, 11) is 0. The first-order valence-corrected chi connectivity index (χ1v) is 5.24. The molecule has 76 valence electrons. The predicted octanol–water partition coefficient (Wildman–Crippen LogP) is 2.66. The molecule has 0 spiro atoms. The van der Waals surface area contributed by atoms with Gasteiger partial charge in [0.25, 0.3) is 0 Å². The molecular formula is C11H20O2. The Labute approximate surface area is 81.6 Å². The highest BCUT2D eigenvalue weighted by Gasteiger charge is 2.39. The van der Waals surface area contributed by atoms with E-state index in [1.165, 1.54) is 0 Å². The van der Waals surface area contributed by atoms with Crippen LogP contribution in [0.3, 0.4) is 0 Å². The molecular weight excluding hydrogens is 164 g/mol. The van der Waals surface area contributed by atoms with Gasteiger partial charge in [0, 0.05) is 0 Å². The van der Waals surface area contributed by atoms with Crippen molar-refractivity contribution in [2.24, 2.45) is 5.92 Å². The smallest absolute Gasteiger partial charge is 0.168 e. The van der Waals surface area contributed by atoms with Gasteiger partial charge in [-0.05, 0) is 25.7 Å². The van der Waals surface area contributed by atoms with Gasteiger partial charge in [-0.25, -0.2) is 0 Å². The van der Waals surface area contributed by atoms with Gasteiger partial charge in [0.05, 0.1) is 12.7 Å². The van der Waals surface area contributed by atoms with E-state index in [4.69, 9.17) is 16.4 Å². The largest absolute Gasteiger partial charge is 0.347 e. The first-order valence-electron chi connectivity index (χ1n) is 5.24. The standard InChI is InChI=1S/C11H20O2/c1-5-9(4)10-8-12-11(6-2,7-3)13-10/h4,9-10H,5-8H2,1-3H3. The molecule has 0 saturated carbocycles. The maximum absolute atomic E-state index is 5.90. The molecule has 0 bridgehead atoms. The molecule has 1 aliphatic rings. The van der Waals surface area contributed by atoms with Crippen LogP contribution < -0.4 is 0 Å². The zero-order valence-corrected chi connectivity index (χ0v) is 8.88. The second-order valence-electron chi connectivity index (χ2n) is 3.66. The molecule has 0 aromatic carbocycles. The van der Waals surface area contributed by atoms with Crippen LogP contribution in [0.1, 0.15) is 40.0 Å². The second-order valence-corrected chi connectivity index (χ2v) is 3.66. The maximum Gasteiger partial charge on any atom is 0.168 e. The molecule has 1 fully saturated rings. The Balaban J connectivity index is 2.51. The van der Waals surface area contributed by atoms with E-state index >= 15 is 0 Å². The lowest BCUT2D eigenvalue weighted by Gasteiger charge is -2.26. The van der Waals surface area contributed by atoms with Crippen LogP contribution in [-0.2, 0) is 9.47 Å². The third-order valence-corrected chi connectivity index (χ3v) is 2.90. The van der Waals surface area contributed by atoms with Crippen LogP contribution >= 0.6 is 0 Å². The van der Waals surface area contributed by atoms with E-state index in [-0.39, 0.29) is 17.8 Å². The summed E-state index contributed by atoms with van der Waals surface area (Å²) in [5.74, 6) is -0.239. The minimum atomic E-state index is -0.350. The van der Waals surface area contributed by atoms with Crippen LogP contribution in [0.15, 0.2) is 0 Å². The van der Waals surface area contributed by atoms with Gasteiger partial charge in [0.15, 0.2) is 5.79 Å². The van der Waals surface area contributed by atoms with E-state index in [2.05, 4.69) is 20.8 Å². The third kappa shape index (κ3) is 2.23. The first kappa shape index (κ1) is 11.0. The van der Waals surface area contributed by atoms with E-state index in [9.17, 15) is 0 Å². The van der Waals surface area contributed by atoms with Crippen molar-refractivity contribution in [1.29, 1.82) is 0 Å². The molecule has 1 rings (SSSR count). The summed E-state index contributed by atoms with van der Waals surface area (Å²) in [5, 5.41) is 0. The van der Waals surface area contributed by atoms with Gasteiger partial charge >= 0.3 is 0 Å². The molecule has 1 heterocycles. The van der Waals surface area contributed by atoms with Crippen molar-refractivity contribution in [1.82, 2.24) is 0 Å². The van der Waals surface area contributed by atoms with Crippen molar-refractivity contribution in [3.05, 3.63) is 6.92 Å². The summed E-state index contributed by atoms with van der Waals surface area (Å²) in [4.78, 5) is 0. The van der Waals surface area contributed by atoms with Crippen molar-refractivity contribution in [3.63, 3.8) is 0 Å². The average molecular weight is 184 g/mol. The quantitative estimate of drug-likeness (QED) is 0.668. The molecule has 13 heavy (non-hydrogen) atoms. The third-order valence-electron chi connectivity index (χ3n) is 2.90. The number of rotatable bonds is 4. The van der Waals surface area contributed by atoms with Gasteiger partial charge in [-0.3, -0.25) is 0 Å². The van der Waals surface area contributed by atoms with Gasteiger partial charge < -0.3 is 9.47 Å².